The van der Waals surface area contributed by atoms with Crippen LogP contribution in [-0.2, 0) is 4.79 Å². The summed E-state index contributed by atoms with van der Waals surface area (Å²) in [6, 6.07) is -0.534. The quantitative estimate of drug-likeness (QED) is 0.693. The molecule has 1 fully saturated rings. The number of rotatable bonds is 5. The summed E-state index contributed by atoms with van der Waals surface area (Å²) in [4.78, 5) is 24.9. The fraction of sp³-hybridized carbons (Fsp3) is 0.846. The van der Waals surface area contributed by atoms with E-state index < -0.39 is 11.9 Å². The number of amides is 2. The second kappa shape index (κ2) is 6.23. The van der Waals surface area contributed by atoms with Crippen molar-refractivity contribution in [3.63, 3.8) is 0 Å². The van der Waals surface area contributed by atoms with Crippen molar-refractivity contribution in [2.24, 2.45) is 5.92 Å². The summed E-state index contributed by atoms with van der Waals surface area (Å²) >= 11 is 0. The first kappa shape index (κ1) is 15.8. The minimum atomic E-state index is -0.823. The third kappa shape index (κ3) is 4.38. The molecular formula is C13H25N3O3. The Labute approximate surface area is 114 Å². The zero-order valence-corrected chi connectivity index (χ0v) is 12.2. The van der Waals surface area contributed by atoms with Gasteiger partial charge in [-0.15, -0.1) is 0 Å². The van der Waals surface area contributed by atoms with E-state index in [-0.39, 0.29) is 17.6 Å². The van der Waals surface area contributed by atoms with Crippen molar-refractivity contribution in [2.45, 2.75) is 44.7 Å². The molecule has 3 N–H and O–H groups in total. The summed E-state index contributed by atoms with van der Waals surface area (Å²) in [7, 11) is 3.91. The second-order valence-corrected chi connectivity index (χ2v) is 6.02. The minimum Gasteiger partial charge on any atom is -0.481 e. The maximum Gasteiger partial charge on any atom is 0.315 e. The highest BCUT2D eigenvalue weighted by Crippen LogP contribution is 2.25. The Bertz CT molecular complexity index is 342. The van der Waals surface area contributed by atoms with Crippen molar-refractivity contribution in [1.29, 1.82) is 0 Å². The monoisotopic (exact) mass is 271 g/mol. The van der Waals surface area contributed by atoms with Crippen LogP contribution >= 0.6 is 0 Å². The zero-order chi connectivity index (χ0) is 14.6. The fourth-order valence-corrected chi connectivity index (χ4v) is 2.10. The van der Waals surface area contributed by atoms with E-state index in [1.54, 1.807) is 0 Å². The first-order valence-corrected chi connectivity index (χ1v) is 6.68. The number of urea groups is 1. The molecule has 0 saturated heterocycles. The van der Waals surface area contributed by atoms with Crippen LogP contribution in [0.4, 0.5) is 4.79 Å². The molecule has 6 heteroatoms. The maximum absolute atomic E-state index is 11.8. The summed E-state index contributed by atoms with van der Waals surface area (Å²) in [6.07, 6.45) is 2.23. The largest absolute Gasteiger partial charge is 0.481 e. The van der Waals surface area contributed by atoms with Gasteiger partial charge in [0, 0.05) is 18.1 Å². The predicted octanol–water partition coefficient (Wildman–Crippen LogP) is 0.879. The maximum atomic E-state index is 11.8. The highest BCUT2D eigenvalue weighted by atomic mass is 16.4. The molecule has 1 aliphatic rings. The molecule has 0 aromatic rings. The number of carboxylic acid groups (broad SMARTS) is 1. The van der Waals surface area contributed by atoms with Gasteiger partial charge in [0.15, 0.2) is 0 Å². The third-order valence-electron chi connectivity index (χ3n) is 4.04. The van der Waals surface area contributed by atoms with E-state index in [2.05, 4.69) is 10.6 Å². The summed E-state index contributed by atoms with van der Waals surface area (Å²) in [5.41, 5.74) is -0.140. The topological polar surface area (TPSA) is 81.7 Å². The first-order chi connectivity index (χ1) is 8.74. The van der Waals surface area contributed by atoms with Gasteiger partial charge in [-0.2, -0.15) is 0 Å². The van der Waals surface area contributed by atoms with Crippen LogP contribution in [0.15, 0.2) is 0 Å². The normalized spacial score (nSPS) is 23.4. The lowest BCUT2D eigenvalue weighted by molar-refractivity contribution is -0.142. The first-order valence-electron chi connectivity index (χ1n) is 6.68. The number of aliphatic carboxylic acids is 1. The number of carboxylic acids is 1. The summed E-state index contributed by atoms with van der Waals surface area (Å²) in [5.74, 6) is -1.27. The Morgan fingerprint density at radius 3 is 2.47 bits per heavy atom. The van der Waals surface area contributed by atoms with Crippen LogP contribution in [0.3, 0.4) is 0 Å². The number of nitrogens with zero attached hydrogens (tertiary/aromatic N) is 1. The lowest BCUT2D eigenvalue weighted by Crippen LogP contribution is -2.52. The number of likely N-dealkylation sites (N-methyl/N-ethyl adjacent to an activating group) is 1. The van der Waals surface area contributed by atoms with E-state index in [0.717, 1.165) is 12.8 Å². The van der Waals surface area contributed by atoms with Gasteiger partial charge < -0.3 is 20.6 Å². The number of carbonyl (C=O) groups excluding carboxylic acids is 1. The van der Waals surface area contributed by atoms with Gasteiger partial charge in [-0.25, -0.2) is 4.79 Å². The van der Waals surface area contributed by atoms with Gasteiger partial charge in [-0.05, 0) is 40.8 Å². The Morgan fingerprint density at radius 2 is 1.95 bits per heavy atom. The smallest absolute Gasteiger partial charge is 0.315 e. The van der Waals surface area contributed by atoms with E-state index in [1.165, 1.54) is 0 Å². The molecule has 1 aliphatic carbocycles. The van der Waals surface area contributed by atoms with E-state index in [4.69, 9.17) is 5.11 Å². The SMILES string of the molecule is CN(C)C(C)(C)CNC(=O)NC1CCCC1C(=O)O. The predicted molar refractivity (Wildman–Crippen MR) is 73.1 cm³/mol. The van der Waals surface area contributed by atoms with E-state index in [1.807, 2.05) is 32.8 Å². The van der Waals surface area contributed by atoms with Crippen LogP contribution < -0.4 is 10.6 Å². The molecule has 0 spiro atoms. The molecule has 0 aromatic heterocycles. The van der Waals surface area contributed by atoms with Gasteiger partial charge in [0.05, 0.1) is 5.92 Å². The third-order valence-corrected chi connectivity index (χ3v) is 4.04. The molecule has 0 bridgehead atoms. The molecule has 0 aliphatic heterocycles. The van der Waals surface area contributed by atoms with Gasteiger partial charge in [0.1, 0.15) is 0 Å². The number of hydrogen-bond acceptors (Lipinski definition) is 3. The number of nitrogens with one attached hydrogen (secondary N) is 2. The van der Waals surface area contributed by atoms with Crippen molar-refractivity contribution in [3.05, 3.63) is 0 Å². The molecule has 2 atom stereocenters. The van der Waals surface area contributed by atoms with Crippen LogP contribution in [0.5, 0.6) is 0 Å². The van der Waals surface area contributed by atoms with Crippen LogP contribution in [-0.4, -0.2) is 54.2 Å². The van der Waals surface area contributed by atoms with Crippen molar-refractivity contribution >= 4 is 12.0 Å². The van der Waals surface area contributed by atoms with Crippen LogP contribution in [0.2, 0.25) is 0 Å². The van der Waals surface area contributed by atoms with Crippen LogP contribution in [0.25, 0.3) is 0 Å². The standard InChI is InChI=1S/C13H25N3O3/c1-13(2,16(3)4)8-14-12(19)15-10-7-5-6-9(10)11(17)18/h9-10H,5-8H2,1-4H3,(H,17,18)(H2,14,15,19). The van der Waals surface area contributed by atoms with Gasteiger partial charge in [-0.1, -0.05) is 6.42 Å². The highest BCUT2D eigenvalue weighted by Gasteiger charge is 2.34. The molecular weight excluding hydrogens is 246 g/mol. The van der Waals surface area contributed by atoms with Gasteiger partial charge >= 0.3 is 12.0 Å². The Balaban J connectivity index is 2.41. The molecule has 110 valence electrons. The molecule has 1 rings (SSSR count). The molecule has 0 heterocycles. The average molecular weight is 271 g/mol. The number of carbonyl (C=O) groups is 2. The molecule has 0 aromatic carbocycles. The lowest BCUT2D eigenvalue weighted by atomic mass is 10.0. The molecule has 2 amide bonds. The number of hydrogen-bond donors (Lipinski definition) is 3. The van der Waals surface area contributed by atoms with Crippen molar-refractivity contribution in [3.8, 4) is 0 Å². The molecule has 6 nitrogen and oxygen atoms in total. The summed E-state index contributed by atoms with van der Waals surface area (Å²) in [5, 5.41) is 14.6. The second-order valence-electron chi connectivity index (χ2n) is 6.02. The van der Waals surface area contributed by atoms with Crippen molar-refractivity contribution in [1.82, 2.24) is 15.5 Å². The van der Waals surface area contributed by atoms with Crippen LogP contribution in [0.1, 0.15) is 33.1 Å². The molecule has 1 saturated carbocycles. The van der Waals surface area contributed by atoms with E-state index in [9.17, 15) is 9.59 Å². The van der Waals surface area contributed by atoms with Crippen LogP contribution in [0, 0.1) is 5.92 Å². The van der Waals surface area contributed by atoms with Gasteiger partial charge in [0.25, 0.3) is 0 Å². The van der Waals surface area contributed by atoms with E-state index >= 15 is 0 Å². The zero-order valence-electron chi connectivity index (χ0n) is 12.2. The Kier molecular flexibility index (Phi) is 5.17. The van der Waals surface area contributed by atoms with Gasteiger partial charge in [-0.3, -0.25) is 4.79 Å². The Morgan fingerprint density at radius 1 is 1.32 bits per heavy atom. The average Bonchev–Trinajstić information content (AvgIpc) is 2.74. The molecule has 0 radical (unpaired) electrons. The minimum absolute atomic E-state index is 0.140. The van der Waals surface area contributed by atoms with Gasteiger partial charge in [0.2, 0.25) is 0 Å². The highest BCUT2D eigenvalue weighted by molar-refractivity contribution is 5.77. The fourth-order valence-electron chi connectivity index (χ4n) is 2.10. The van der Waals surface area contributed by atoms with Crippen molar-refractivity contribution in [2.75, 3.05) is 20.6 Å². The lowest BCUT2D eigenvalue weighted by Gasteiger charge is -2.32. The summed E-state index contributed by atoms with van der Waals surface area (Å²) in [6.45, 7) is 4.57. The Hall–Kier alpha value is -1.30. The molecule has 19 heavy (non-hydrogen) atoms. The van der Waals surface area contributed by atoms with E-state index in [0.29, 0.717) is 13.0 Å². The molecule has 2 unspecified atom stereocenters. The van der Waals surface area contributed by atoms with Crippen molar-refractivity contribution < 1.29 is 14.7 Å². The summed E-state index contributed by atoms with van der Waals surface area (Å²) < 4.78 is 0.